The van der Waals surface area contributed by atoms with Crippen molar-refractivity contribution in [3.8, 4) is 0 Å². The van der Waals surface area contributed by atoms with E-state index in [-0.39, 0.29) is 30.0 Å². The molecule has 1 amide bonds. The maximum atomic E-state index is 12.1. The van der Waals surface area contributed by atoms with Crippen molar-refractivity contribution in [3.05, 3.63) is 35.9 Å². The van der Waals surface area contributed by atoms with Gasteiger partial charge < -0.3 is 4.90 Å². The van der Waals surface area contributed by atoms with Crippen LogP contribution in [0.15, 0.2) is 30.3 Å². The second-order valence-electron chi connectivity index (χ2n) is 5.16. The monoisotopic (exact) mass is 315 g/mol. The molecule has 6 heteroatoms. The van der Waals surface area contributed by atoms with Crippen molar-refractivity contribution >= 4 is 25.6 Å². The minimum absolute atomic E-state index is 0.00557. The van der Waals surface area contributed by atoms with Gasteiger partial charge in [0.1, 0.15) is 0 Å². The van der Waals surface area contributed by atoms with Crippen LogP contribution in [-0.2, 0) is 13.8 Å². The van der Waals surface area contributed by atoms with E-state index in [1.54, 1.807) is 4.90 Å². The highest BCUT2D eigenvalue weighted by molar-refractivity contribution is 8.13. The van der Waals surface area contributed by atoms with Gasteiger partial charge in [0.15, 0.2) is 0 Å². The standard InChI is InChI=1S/C14H18ClNO3S/c1-2-13(12-6-4-3-5-7-12)16-9-11(8-14(16)17)10-20(15,18)19/h3-7,11,13H,2,8-10H2,1H3/t11?,13-/m0/s1. The first-order valence-corrected chi connectivity index (χ1v) is 9.15. The van der Waals surface area contributed by atoms with Crippen molar-refractivity contribution in [1.82, 2.24) is 4.90 Å². The van der Waals surface area contributed by atoms with Crippen LogP contribution in [0.1, 0.15) is 31.4 Å². The van der Waals surface area contributed by atoms with Crippen molar-refractivity contribution in [2.45, 2.75) is 25.8 Å². The van der Waals surface area contributed by atoms with Crippen LogP contribution >= 0.6 is 10.7 Å². The fourth-order valence-corrected chi connectivity index (χ4v) is 4.14. The Morgan fingerprint density at radius 2 is 2.00 bits per heavy atom. The molecule has 0 saturated carbocycles. The molecule has 2 rings (SSSR count). The third-order valence-corrected chi connectivity index (χ3v) is 4.87. The molecular weight excluding hydrogens is 298 g/mol. The van der Waals surface area contributed by atoms with Crippen LogP contribution in [-0.4, -0.2) is 31.5 Å². The zero-order chi connectivity index (χ0) is 14.8. The van der Waals surface area contributed by atoms with Gasteiger partial charge in [-0.15, -0.1) is 0 Å². The van der Waals surface area contributed by atoms with Crippen molar-refractivity contribution in [2.75, 3.05) is 12.3 Å². The molecule has 110 valence electrons. The molecule has 0 aliphatic carbocycles. The number of carbonyl (C=O) groups excluding carboxylic acids is 1. The summed E-state index contributed by atoms with van der Waals surface area (Å²) in [6.45, 7) is 2.48. The lowest BCUT2D eigenvalue weighted by atomic mass is 10.0. The molecule has 1 heterocycles. The van der Waals surface area contributed by atoms with Crippen molar-refractivity contribution in [3.63, 3.8) is 0 Å². The third-order valence-electron chi connectivity index (χ3n) is 3.62. The molecule has 1 aliphatic rings. The zero-order valence-electron chi connectivity index (χ0n) is 11.3. The van der Waals surface area contributed by atoms with Crippen LogP contribution in [0.2, 0.25) is 0 Å². The highest BCUT2D eigenvalue weighted by Gasteiger charge is 2.36. The largest absolute Gasteiger partial charge is 0.335 e. The Hall–Kier alpha value is -1.07. The quantitative estimate of drug-likeness (QED) is 0.785. The van der Waals surface area contributed by atoms with E-state index in [0.29, 0.717) is 6.54 Å². The summed E-state index contributed by atoms with van der Waals surface area (Å²) in [5.74, 6) is -0.337. The minimum atomic E-state index is -3.56. The lowest BCUT2D eigenvalue weighted by Gasteiger charge is -2.27. The summed E-state index contributed by atoms with van der Waals surface area (Å²) in [4.78, 5) is 13.9. The summed E-state index contributed by atoms with van der Waals surface area (Å²) in [6, 6.07) is 9.82. The summed E-state index contributed by atoms with van der Waals surface area (Å²) in [6.07, 6.45) is 1.06. The molecule has 0 bridgehead atoms. The Balaban J connectivity index is 2.14. The molecule has 1 fully saturated rings. The van der Waals surface area contributed by atoms with Gasteiger partial charge in [-0.3, -0.25) is 4.79 Å². The van der Waals surface area contributed by atoms with Crippen molar-refractivity contribution < 1.29 is 13.2 Å². The number of nitrogens with zero attached hydrogens (tertiary/aromatic N) is 1. The number of hydrogen-bond acceptors (Lipinski definition) is 3. The predicted molar refractivity (Wildman–Crippen MR) is 78.9 cm³/mol. The van der Waals surface area contributed by atoms with Gasteiger partial charge in [-0.1, -0.05) is 37.3 Å². The molecule has 0 radical (unpaired) electrons. The topological polar surface area (TPSA) is 54.5 Å². The fraction of sp³-hybridized carbons (Fsp3) is 0.500. The molecule has 0 aromatic heterocycles. The van der Waals surface area contributed by atoms with E-state index in [1.165, 1.54) is 0 Å². The second-order valence-corrected chi connectivity index (χ2v) is 7.98. The third kappa shape index (κ3) is 3.73. The number of benzene rings is 1. The van der Waals surface area contributed by atoms with E-state index in [9.17, 15) is 13.2 Å². The average Bonchev–Trinajstić information content (AvgIpc) is 2.70. The number of carbonyl (C=O) groups is 1. The first-order valence-electron chi connectivity index (χ1n) is 6.67. The first-order chi connectivity index (χ1) is 9.40. The predicted octanol–water partition coefficient (Wildman–Crippen LogP) is 2.55. The minimum Gasteiger partial charge on any atom is -0.335 e. The van der Waals surface area contributed by atoms with E-state index < -0.39 is 9.05 Å². The number of likely N-dealkylation sites (tertiary alicyclic amines) is 1. The molecule has 0 N–H and O–H groups in total. The van der Waals surface area contributed by atoms with Gasteiger partial charge in [0.05, 0.1) is 11.8 Å². The maximum absolute atomic E-state index is 12.1. The maximum Gasteiger partial charge on any atom is 0.232 e. The summed E-state index contributed by atoms with van der Waals surface area (Å²) in [5, 5.41) is 0. The Morgan fingerprint density at radius 3 is 2.55 bits per heavy atom. The van der Waals surface area contributed by atoms with Gasteiger partial charge in [-0.05, 0) is 12.0 Å². The Morgan fingerprint density at radius 1 is 1.35 bits per heavy atom. The molecular formula is C14H18ClNO3S. The van der Waals surface area contributed by atoms with Gasteiger partial charge in [0.2, 0.25) is 15.0 Å². The summed E-state index contributed by atoms with van der Waals surface area (Å²) in [5.41, 5.74) is 1.08. The second kappa shape index (κ2) is 6.14. The molecule has 1 aliphatic heterocycles. The van der Waals surface area contributed by atoms with E-state index in [0.717, 1.165) is 12.0 Å². The lowest BCUT2D eigenvalue weighted by molar-refractivity contribution is -0.129. The van der Waals surface area contributed by atoms with Crippen LogP contribution in [0, 0.1) is 5.92 Å². The Bertz CT molecular complexity index is 573. The summed E-state index contributed by atoms with van der Waals surface area (Å²) >= 11 is 0. The fourth-order valence-electron chi connectivity index (χ4n) is 2.81. The van der Waals surface area contributed by atoms with Crippen LogP contribution in [0.3, 0.4) is 0 Å². The molecule has 1 saturated heterocycles. The smallest absolute Gasteiger partial charge is 0.232 e. The first kappa shape index (κ1) is 15.3. The van der Waals surface area contributed by atoms with Crippen molar-refractivity contribution in [2.24, 2.45) is 5.92 Å². The number of hydrogen-bond donors (Lipinski definition) is 0. The van der Waals surface area contributed by atoms with Crippen LogP contribution in [0.4, 0.5) is 0 Å². The molecule has 1 unspecified atom stereocenters. The summed E-state index contributed by atoms with van der Waals surface area (Å²) < 4.78 is 22.3. The van der Waals surface area contributed by atoms with Gasteiger partial charge in [0.25, 0.3) is 0 Å². The number of halogens is 1. The number of amides is 1. The molecule has 20 heavy (non-hydrogen) atoms. The zero-order valence-corrected chi connectivity index (χ0v) is 12.9. The van der Waals surface area contributed by atoms with E-state index in [4.69, 9.17) is 10.7 Å². The van der Waals surface area contributed by atoms with E-state index in [2.05, 4.69) is 0 Å². The molecule has 1 aromatic carbocycles. The normalized spacial score (nSPS) is 21.2. The Labute approximate surface area is 124 Å². The average molecular weight is 316 g/mol. The van der Waals surface area contributed by atoms with E-state index in [1.807, 2.05) is 37.3 Å². The SMILES string of the molecule is CC[C@@H](c1ccccc1)N1CC(CS(=O)(=O)Cl)CC1=O. The molecule has 2 atom stereocenters. The molecule has 0 spiro atoms. The van der Waals surface area contributed by atoms with E-state index >= 15 is 0 Å². The lowest BCUT2D eigenvalue weighted by Crippen LogP contribution is -2.30. The van der Waals surface area contributed by atoms with Gasteiger partial charge in [-0.25, -0.2) is 8.42 Å². The van der Waals surface area contributed by atoms with Crippen LogP contribution in [0.5, 0.6) is 0 Å². The highest BCUT2D eigenvalue weighted by atomic mass is 35.7. The molecule has 1 aromatic rings. The highest BCUT2D eigenvalue weighted by Crippen LogP contribution is 2.31. The van der Waals surface area contributed by atoms with Crippen LogP contribution < -0.4 is 0 Å². The van der Waals surface area contributed by atoms with Crippen molar-refractivity contribution in [1.29, 1.82) is 0 Å². The van der Waals surface area contributed by atoms with Gasteiger partial charge in [0, 0.05) is 29.6 Å². The number of rotatable bonds is 5. The molecule has 4 nitrogen and oxygen atoms in total. The van der Waals surface area contributed by atoms with Gasteiger partial charge in [-0.2, -0.15) is 0 Å². The Kier molecular flexibility index (Phi) is 4.70. The van der Waals surface area contributed by atoms with Gasteiger partial charge >= 0.3 is 0 Å². The summed E-state index contributed by atoms with van der Waals surface area (Å²) in [7, 11) is 1.72. The van der Waals surface area contributed by atoms with Crippen LogP contribution in [0.25, 0.3) is 0 Å².